The van der Waals surface area contributed by atoms with Gasteiger partial charge in [-0.2, -0.15) is 0 Å². The molecular weight excluding hydrogens is 410 g/mol. The number of rotatable bonds is 6. The van der Waals surface area contributed by atoms with Gasteiger partial charge in [-0.05, 0) is 36.4 Å². The maximum atomic E-state index is 12.4. The Bertz CT molecular complexity index is 928. The third-order valence-corrected chi connectivity index (χ3v) is 5.13. The number of Topliss-reactive ketones (excluding diaryl/α,β-unsaturated/α-hetero) is 1. The summed E-state index contributed by atoms with van der Waals surface area (Å²) < 4.78 is 0.902. The van der Waals surface area contributed by atoms with Crippen molar-refractivity contribution in [3.63, 3.8) is 0 Å². The van der Waals surface area contributed by atoms with Gasteiger partial charge in [0.15, 0.2) is 5.78 Å². The molecule has 3 aromatic carbocycles. The van der Waals surface area contributed by atoms with Crippen molar-refractivity contribution in [3.8, 4) is 0 Å². The number of anilines is 1. The third-order valence-electron chi connectivity index (χ3n) is 3.64. The van der Waals surface area contributed by atoms with Crippen molar-refractivity contribution in [2.24, 2.45) is 0 Å². The average Bonchev–Trinajstić information content (AvgIpc) is 2.67. The summed E-state index contributed by atoms with van der Waals surface area (Å²) in [7, 11) is 0. The van der Waals surface area contributed by atoms with Crippen molar-refractivity contribution in [2.75, 3.05) is 11.1 Å². The predicted molar refractivity (Wildman–Crippen MR) is 110 cm³/mol. The zero-order chi connectivity index (χ0) is 18.4. The van der Waals surface area contributed by atoms with Gasteiger partial charge in [0, 0.05) is 26.2 Å². The second-order valence-corrected chi connectivity index (χ2v) is 7.53. The van der Waals surface area contributed by atoms with Crippen molar-refractivity contribution < 1.29 is 9.59 Å². The van der Waals surface area contributed by atoms with Crippen molar-refractivity contribution >= 4 is 45.1 Å². The number of amides is 1. The molecule has 0 saturated carbocycles. The van der Waals surface area contributed by atoms with E-state index in [4.69, 9.17) is 0 Å². The van der Waals surface area contributed by atoms with Crippen molar-refractivity contribution in [1.82, 2.24) is 0 Å². The van der Waals surface area contributed by atoms with Crippen LogP contribution >= 0.6 is 27.7 Å². The van der Waals surface area contributed by atoms with E-state index in [1.54, 1.807) is 12.1 Å². The summed E-state index contributed by atoms with van der Waals surface area (Å²) >= 11 is 4.81. The molecule has 0 bridgehead atoms. The van der Waals surface area contributed by atoms with Crippen LogP contribution in [0.2, 0.25) is 0 Å². The fourth-order valence-electron chi connectivity index (χ4n) is 2.35. The first-order valence-electron chi connectivity index (χ1n) is 8.00. The molecule has 0 unspecified atom stereocenters. The topological polar surface area (TPSA) is 46.2 Å². The molecule has 0 aliphatic heterocycles. The Labute approximate surface area is 165 Å². The van der Waals surface area contributed by atoms with Gasteiger partial charge < -0.3 is 5.32 Å². The summed E-state index contributed by atoms with van der Waals surface area (Å²) in [6.45, 7) is 0. The minimum Gasteiger partial charge on any atom is -0.322 e. The zero-order valence-corrected chi connectivity index (χ0v) is 16.2. The highest BCUT2D eigenvalue weighted by molar-refractivity contribution is 9.10. The molecule has 130 valence electrons. The highest BCUT2D eigenvalue weighted by Crippen LogP contribution is 2.22. The average molecular weight is 426 g/mol. The van der Waals surface area contributed by atoms with Gasteiger partial charge in [-0.25, -0.2) is 0 Å². The summed E-state index contributed by atoms with van der Waals surface area (Å²) in [4.78, 5) is 25.5. The number of hydrogen-bond acceptors (Lipinski definition) is 3. The lowest BCUT2D eigenvalue weighted by atomic mass is 10.2. The molecule has 0 heterocycles. The SMILES string of the molecule is O=C(CSc1cccc(C(=O)Nc2cccc(Br)c2)c1)c1ccccc1. The van der Waals surface area contributed by atoms with Gasteiger partial charge in [0.25, 0.3) is 5.91 Å². The Morgan fingerprint density at radius 1 is 0.846 bits per heavy atom. The number of ketones is 1. The minimum absolute atomic E-state index is 0.0691. The summed E-state index contributed by atoms with van der Waals surface area (Å²) in [5.41, 5.74) is 1.98. The largest absolute Gasteiger partial charge is 0.322 e. The number of nitrogens with one attached hydrogen (secondary N) is 1. The molecule has 0 aliphatic rings. The molecule has 0 saturated heterocycles. The molecule has 0 fully saturated rings. The molecule has 1 amide bonds. The Morgan fingerprint density at radius 3 is 2.35 bits per heavy atom. The fourth-order valence-corrected chi connectivity index (χ4v) is 3.60. The van der Waals surface area contributed by atoms with Crippen molar-refractivity contribution in [1.29, 1.82) is 0 Å². The Hall–Kier alpha value is -2.37. The standard InChI is InChI=1S/C21H16BrNO2S/c22-17-9-5-10-18(13-17)23-21(25)16-8-4-11-19(12-16)26-14-20(24)15-6-2-1-3-7-15/h1-13H,14H2,(H,23,25). The lowest BCUT2D eigenvalue weighted by Gasteiger charge is -2.07. The minimum atomic E-state index is -0.181. The van der Waals surface area contributed by atoms with Crippen LogP contribution in [0, 0.1) is 0 Å². The molecule has 3 nitrogen and oxygen atoms in total. The zero-order valence-electron chi connectivity index (χ0n) is 13.8. The highest BCUT2D eigenvalue weighted by Gasteiger charge is 2.09. The first-order chi connectivity index (χ1) is 12.6. The summed E-state index contributed by atoms with van der Waals surface area (Å²) in [6, 6.07) is 23.9. The van der Waals surface area contributed by atoms with Gasteiger partial charge in [-0.3, -0.25) is 9.59 Å². The smallest absolute Gasteiger partial charge is 0.255 e. The van der Waals surface area contributed by atoms with E-state index < -0.39 is 0 Å². The maximum Gasteiger partial charge on any atom is 0.255 e. The van der Waals surface area contributed by atoms with E-state index in [2.05, 4.69) is 21.2 Å². The van der Waals surface area contributed by atoms with Gasteiger partial charge in [0.1, 0.15) is 0 Å². The monoisotopic (exact) mass is 425 g/mol. The van der Waals surface area contributed by atoms with Gasteiger partial charge in [-0.1, -0.05) is 58.4 Å². The summed E-state index contributed by atoms with van der Waals surface area (Å²) in [6.07, 6.45) is 0. The Morgan fingerprint density at radius 2 is 1.58 bits per heavy atom. The molecule has 0 aromatic heterocycles. The molecular formula is C21H16BrNO2S. The number of thioether (sulfide) groups is 1. The molecule has 0 aliphatic carbocycles. The normalized spacial score (nSPS) is 10.3. The number of hydrogen-bond donors (Lipinski definition) is 1. The number of halogens is 1. The van der Waals surface area contributed by atoms with E-state index in [1.165, 1.54) is 11.8 Å². The Kier molecular flexibility index (Phi) is 6.26. The molecule has 3 aromatic rings. The quantitative estimate of drug-likeness (QED) is 0.408. The molecule has 0 radical (unpaired) electrons. The highest BCUT2D eigenvalue weighted by atomic mass is 79.9. The lowest BCUT2D eigenvalue weighted by Crippen LogP contribution is -2.11. The van der Waals surface area contributed by atoms with E-state index in [0.29, 0.717) is 16.9 Å². The summed E-state index contributed by atoms with van der Waals surface area (Å²) in [5, 5.41) is 2.87. The maximum absolute atomic E-state index is 12.4. The number of carbonyl (C=O) groups is 2. The molecule has 3 rings (SSSR count). The fraction of sp³-hybridized carbons (Fsp3) is 0.0476. The van der Waals surface area contributed by atoms with Crippen LogP contribution in [0.15, 0.2) is 88.2 Å². The van der Waals surface area contributed by atoms with E-state index in [9.17, 15) is 9.59 Å². The Balaban J connectivity index is 1.64. The van der Waals surface area contributed by atoms with Crippen LogP contribution in [-0.2, 0) is 0 Å². The van der Waals surface area contributed by atoms with E-state index >= 15 is 0 Å². The molecule has 5 heteroatoms. The molecule has 26 heavy (non-hydrogen) atoms. The van der Waals surface area contributed by atoms with Crippen molar-refractivity contribution in [3.05, 3.63) is 94.5 Å². The van der Waals surface area contributed by atoms with Gasteiger partial charge in [-0.15, -0.1) is 11.8 Å². The predicted octanol–water partition coefficient (Wildman–Crippen LogP) is 5.68. The summed E-state index contributed by atoms with van der Waals surface area (Å²) in [5.74, 6) is 0.222. The second-order valence-electron chi connectivity index (χ2n) is 5.57. The van der Waals surface area contributed by atoms with Gasteiger partial charge >= 0.3 is 0 Å². The van der Waals surface area contributed by atoms with E-state index in [1.807, 2.05) is 66.7 Å². The van der Waals surface area contributed by atoms with Crippen LogP contribution < -0.4 is 5.32 Å². The molecule has 1 N–H and O–H groups in total. The first kappa shape index (κ1) is 18.4. The molecule has 0 spiro atoms. The van der Waals surface area contributed by atoms with Crippen LogP contribution in [0.3, 0.4) is 0 Å². The van der Waals surface area contributed by atoms with Crippen molar-refractivity contribution in [2.45, 2.75) is 4.90 Å². The van der Waals surface area contributed by atoms with Gasteiger partial charge in [0.05, 0.1) is 5.75 Å². The number of benzene rings is 3. The van der Waals surface area contributed by atoms with Crippen LogP contribution in [0.1, 0.15) is 20.7 Å². The second kappa shape index (κ2) is 8.83. The van der Waals surface area contributed by atoms with Crippen LogP contribution in [-0.4, -0.2) is 17.4 Å². The van der Waals surface area contributed by atoms with Crippen LogP contribution in [0.4, 0.5) is 5.69 Å². The molecule has 0 atom stereocenters. The number of carbonyl (C=O) groups excluding carboxylic acids is 2. The van der Waals surface area contributed by atoms with E-state index in [-0.39, 0.29) is 11.7 Å². The van der Waals surface area contributed by atoms with Crippen LogP contribution in [0.25, 0.3) is 0 Å². The van der Waals surface area contributed by atoms with Gasteiger partial charge in [0.2, 0.25) is 0 Å². The van der Waals surface area contributed by atoms with Crippen LogP contribution in [0.5, 0.6) is 0 Å². The third kappa shape index (κ3) is 5.07. The first-order valence-corrected chi connectivity index (χ1v) is 9.78. The lowest BCUT2D eigenvalue weighted by molar-refractivity contribution is 0.101. The van der Waals surface area contributed by atoms with E-state index in [0.717, 1.165) is 15.1 Å².